The number of carbonyl (C=O) groups excluding carboxylic acids is 2. The monoisotopic (exact) mass is 374 g/mol. The smallest absolute Gasteiger partial charge is 0.255 e. The summed E-state index contributed by atoms with van der Waals surface area (Å²) in [4.78, 5) is 28.9. The Kier molecular flexibility index (Phi) is 4.63. The summed E-state index contributed by atoms with van der Waals surface area (Å²) >= 11 is 0. The zero-order chi connectivity index (χ0) is 19.5. The molecule has 0 saturated heterocycles. The summed E-state index contributed by atoms with van der Waals surface area (Å²) < 4.78 is 6.83. The van der Waals surface area contributed by atoms with Crippen LogP contribution >= 0.6 is 0 Å². The number of hydrogen-bond acceptors (Lipinski definition) is 4. The lowest BCUT2D eigenvalue weighted by molar-refractivity contribution is -0.117. The third-order valence-electron chi connectivity index (χ3n) is 4.34. The molecule has 1 atom stereocenters. The predicted molar refractivity (Wildman–Crippen MR) is 105 cm³/mol. The number of rotatable bonds is 5. The molecule has 4 rings (SSSR count). The van der Waals surface area contributed by atoms with E-state index in [0.29, 0.717) is 11.3 Å². The second-order valence-corrected chi connectivity index (χ2v) is 6.37. The molecule has 0 fully saturated rings. The van der Waals surface area contributed by atoms with Crippen molar-refractivity contribution in [2.24, 2.45) is 0 Å². The summed E-state index contributed by atoms with van der Waals surface area (Å²) in [6.07, 6.45) is 6.64. The average molecular weight is 374 g/mol. The van der Waals surface area contributed by atoms with Gasteiger partial charge in [-0.2, -0.15) is 0 Å². The molecule has 0 unspecified atom stereocenters. The van der Waals surface area contributed by atoms with Crippen LogP contribution in [0, 0.1) is 0 Å². The molecule has 0 spiro atoms. The topological polar surface area (TPSA) is 88.6 Å². The molecule has 4 aromatic rings. The minimum atomic E-state index is -0.694. The lowest BCUT2D eigenvalue weighted by atomic mass is 10.1. The summed E-state index contributed by atoms with van der Waals surface area (Å²) in [6.45, 7) is 1.62. The van der Waals surface area contributed by atoms with Crippen molar-refractivity contribution in [3.8, 4) is 11.3 Å². The number of amides is 2. The number of pyridine rings is 1. The fourth-order valence-corrected chi connectivity index (χ4v) is 2.79. The highest BCUT2D eigenvalue weighted by Crippen LogP contribution is 2.21. The van der Waals surface area contributed by atoms with Crippen LogP contribution in [0.2, 0.25) is 0 Å². The minimum Gasteiger partial charge on any atom is -0.472 e. The van der Waals surface area contributed by atoms with Crippen LogP contribution in [-0.4, -0.2) is 27.2 Å². The predicted octanol–water partition coefficient (Wildman–Crippen LogP) is 3.35. The van der Waals surface area contributed by atoms with Gasteiger partial charge in [0.1, 0.15) is 18.0 Å². The molecule has 1 aromatic carbocycles. The van der Waals surface area contributed by atoms with Crippen LogP contribution in [0.25, 0.3) is 16.9 Å². The van der Waals surface area contributed by atoms with Gasteiger partial charge in [0.15, 0.2) is 0 Å². The normalized spacial score (nSPS) is 11.9. The highest BCUT2D eigenvalue weighted by molar-refractivity contribution is 6.00. The first-order valence-electron chi connectivity index (χ1n) is 8.78. The van der Waals surface area contributed by atoms with Crippen LogP contribution in [0.3, 0.4) is 0 Å². The van der Waals surface area contributed by atoms with Crippen molar-refractivity contribution in [3.05, 3.63) is 79.0 Å². The second-order valence-electron chi connectivity index (χ2n) is 6.37. The number of nitrogens with zero attached hydrogens (tertiary/aromatic N) is 2. The molecule has 140 valence electrons. The van der Waals surface area contributed by atoms with Crippen molar-refractivity contribution in [1.82, 2.24) is 14.7 Å². The first-order valence-corrected chi connectivity index (χ1v) is 8.78. The molecule has 2 amide bonds. The average Bonchev–Trinajstić information content (AvgIpc) is 3.38. The molecule has 0 aliphatic heterocycles. The molecule has 0 aliphatic carbocycles. The number of fused-ring (bicyclic) bond motifs is 1. The third kappa shape index (κ3) is 3.64. The molecule has 0 saturated carbocycles. The first kappa shape index (κ1) is 17.5. The van der Waals surface area contributed by atoms with Crippen molar-refractivity contribution in [3.63, 3.8) is 0 Å². The Morgan fingerprint density at radius 1 is 1.11 bits per heavy atom. The molecule has 0 radical (unpaired) electrons. The quantitative estimate of drug-likeness (QED) is 0.561. The number of benzene rings is 1. The van der Waals surface area contributed by atoms with Gasteiger partial charge in [-0.15, -0.1) is 0 Å². The first-order chi connectivity index (χ1) is 13.6. The maximum Gasteiger partial charge on any atom is 0.255 e. The fourth-order valence-electron chi connectivity index (χ4n) is 2.79. The molecule has 7 heteroatoms. The molecule has 28 heavy (non-hydrogen) atoms. The van der Waals surface area contributed by atoms with E-state index in [-0.39, 0.29) is 11.8 Å². The molecule has 3 heterocycles. The van der Waals surface area contributed by atoms with Gasteiger partial charge in [0.2, 0.25) is 5.91 Å². The van der Waals surface area contributed by atoms with E-state index in [9.17, 15) is 9.59 Å². The van der Waals surface area contributed by atoms with Gasteiger partial charge in [0, 0.05) is 23.6 Å². The van der Waals surface area contributed by atoms with Gasteiger partial charge in [-0.25, -0.2) is 4.98 Å². The summed E-state index contributed by atoms with van der Waals surface area (Å²) in [6, 6.07) is 14.1. The molecule has 0 bridgehead atoms. The summed E-state index contributed by atoms with van der Waals surface area (Å²) in [5.74, 6) is -0.670. The van der Waals surface area contributed by atoms with Crippen molar-refractivity contribution >= 4 is 23.1 Å². The maximum atomic E-state index is 12.3. The van der Waals surface area contributed by atoms with E-state index < -0.39 is 6.04 Å². The molecule has 0 aliphatic rings. The standard InChI is InChI=1S/C21H18N4O3/c1-14(22-21(27)16-9-11-28-13-16)20(26)23-17-7-5-15(6-8-17)18-12-25-10-3-2-4-19(25)24-18/h2-14H,1H3,(H,22,27)(H,23,26)/t14-/m0/s1. The fraction of sp³-hybridized carbons (Fsp3) is 0.0952. The molecular weight excluding hydrogens is 356 g/mol. The zero-order valence-corrected chi connectivity index (χ0v) is 15.1. The number of hydrogen-bond donors (Lipinski definition) is 2. The van der Waals surface area contributed by atoms with Crippen LogP contribution in [0.4, 0.5) is 5.69 Å². The van der Waals surface area contributed by atoms with E-state index in [1.165, 1.54) is 18.6 Å². The highest BCUT2D eigenvalue weighted by atomic mass is 16.3. The molecular formula is C21H18N4O3. The van der Waals surface area contributed by atoms with Gasteiger partial charge in [0.05, 0.1) is 17.5 Å². The second kappa shape index (κ2) is 7.40. The third-order valence-corrected chi connectivity index (χ3v) is 4.34. The number of aromatic nitrogens is 2. The lowest BCUT2D eigenvalue weighted by Crippen LogP contribution is -2.41. The van der Waals surface area contributed by atoms with Crippen LogP contribution in [0.5, 0.6) is 0 Å². The van der Waals surface area contributed by atoms with Crippen LogP contribution in [-0.2, 0) is 4.79 Å². The number of anilines is 1. The maximum absolute atomic E-state index is 12.3. The Balaban J connectivity index is 1.41. The molecule has 3 aromatic heterocycles. The number of imidazole rings is 1. The van der Waals surface area contributed by atoms with E-state index in [2.05, 4.69) is 15.6 Å². The van der Waals surface area contributed by atoms with E-state index in [4.69, 9.17) is 4.42 Å². The van der Waals surface area contributed by atoms with Crippen molar-refractivity contribution in [2.45, 2.75) is 13.0 Å². The van der Waals surface area contributed by atoms with E-state index in [0.717, 1.165) is 16.9 Å². The Labute approximate surface area is 161 Å². The SMILES string of the molecule is C[C@H](NC(=O)c1ccoc1)C(=O)Nc1ccc(-c2cn3ccccc3n2)cc1. The number of furan rings is 1. The Bertz CT molecular complexity index is 1080. The van der Waals surface area contributed by atoms with E-state index >= 15 is 0 Å². The van der Waals surface area contributed by atoms with Crippen molar-refractivity contribution < 1.29 is 14.0 Å². The summed E-state index contributed by atoms with van der Waals surface area (Å²) in [7, 11) is 0. The number of carbonyl (C=O) groups is 2. The Hall–Kier alpha value is -3.87. The zero-order valence-electron chi connectivity index (χ0n) is 15.1. The van der Waals surface area contributed by atoms with Gasteiger partial charge in [-0.1, -0.05) is 18.2 Å². The molecule has 7 nitrogen and oxygen atoms in total. The van der Waals surface area contributed by atoms with Gasteiger partial charge >= 0.3 is 0 Å². The molecule has 2 N–H and O–H groups in total. The largest absolute Gasteiger partial charge is 0.472 e. The Morgan fingerprint density at radius 3 is 2.64 bits per heavy atom. The summed E-state index contributed by atoms with van der Waals surface area (Å²) in [5, 5.41) is 5.43. The van der Waals surface area contributed by atoms with Crippen molar-refractivity contribution in [1.29, 1.82) is 0 Å². The Morgan fingerprint density at radius 2 is 1.93 bits per heavy atom. The highest BCUT2D eigenvalue weighted by Gasteiger charge is 2.17. The van der Waals surface area contributed by atoms with Crippen molar-refractivity contribution in [2.75, 3.05) is 5.32 Å². The van der Waals surface area contributed by atoms with Gasteiger partial charge < -0.3 is 19.5 Å². The van der Waals surface area contributed by atoms with Gasteiger partial charge in [0.25, 0.3) is 5.91 Å². The van der Waals surface area contributed by atoms with Crippen LogP contribution < -0.4 is 10.6 Å². The number of nitrogens with one attached hydrogen (secondary N) is 2. The van der Waals surface area contributed by atoms with E-state index in [1.54, 1.807) is 6.92 Å². The van der Waals surface area contributed by atoms with Gasteiger partial charge in [-0.3, -0.25) is 9.59 Å². The lowest BCUT2D eigenvalue weighted by Gasteiger charge is -2.13. The van der Waals surface area contributed by atoms with Crippen LogP contribution in [0.1, 0.15) is 17.3 Å². The minimum absolute atomic E-state index is 0.308. The summed E-state index contributed by atoms with van der Waals surface area (Å²) in [5.41, 5.74) is 3.68. The van der Waals surface area contributed by atoms with Gasteiger partial charge in [-0.05, 0) is 37.3 Å². The van der Waals surface area contributed by atoms with E-state index in [1.807, 2.05) is 59.3 Å². The van der Waals surface area contributed by atoms with Crippen LogP contribution in [0.15, 0.2) is 77.9 Å².